The Morgan fingerprint density at radius 1 is 1.27 bits per heavy atom. The number of nitrogens with one attached hydrogen (secondary N) is 1. The van der Waals surface area contributed by atoms with Crippen LogP contribution in [0.25, 0.3) is 10.7 Å². The molecule has 4 nitrogen and oxygen atoms in total. The van der Waals surface area contributed by atoms with E-state index < -0.39 is 0 Å². The number of hydrogen-bond acceptors (Lipinski definition) is 5. The molecule has 2 rings (SSSR count). The SMILES string of the molecule is CNC(C)c1cnc(-c2cnccn2)s1. The molecule has 0 aromatic carbocycles. The van der Waals surface area contributed by atoms with Crippen molar-refractivity contribution in [3.63, 3.8) is 0 Å². The third kappa shape index (κ3) is 2.19. The minimum Gasteiger partial charge on any atom is -0.312 e. The lowest BCUT2D eigenvalue weighted by Crippen LogP contribution is -2.10. The van der Waals surface area contributed by atoms with Crippen LogP contribution in [0.5, 0.6) is 0 Å². The van der Waals surface area contributed by atoms with E-state index in [4.69, 9.17) is 0 Å². The number of hydrogen-bond donors (Lipinski definition) is 1. The molecule has 5 heteroatoms. The highest BCUT2D eigenvalue weighted by atomic mass is 32.1. The van der Waals surface area contributed by atoms with Crippen molar-refractivity contribution in [3.05, 3.63) is 29.7 Å². The molecule has 0 aliphatic rings. The second-order valence-corrected chi connectivity index (χ2v) is 4.23. The maximum atomic E-state index is 4.33. The van der Waals surface area contributed by atoms with E-state index in [1.165, 1.54) is 4.88 Å². The molecule has 0 fully saturated rings. The van der Waals surface area contributed by atoms with E-state index in [-0.39, 0.29) is 0 Å². The van der Waals surface area contributed by atoms with E-state index >= 15 is 0 Å². The summed E-state index contributed by atoms with van der Waals surface area (Å²) >= 11 is 1.64. The number of aromatic nitrogens is 3. The van der Waals surface area contributed by atoms with Gasteiger partial charge in [-0.05, 0) is 14.0 Å². The molecule has 0 radical (unpaired) electrons. The fourth-order valence-electron chi connectivity index (χ4n) is 1.16. The monoisotopic (exact) mass is 220 g/mol. The summed E-state index contributed by atoms with van der Waals surface area (Å²) in [6.45, 7) is 2.11. The first-order valence-electron chi connectivity index (χ1n) is 4.70. The molecular weight excluding hydrogens is 208 g/mol. The van der Waals surface area contributed by atoms with Crippen LogP contribution in [0, 0.1) is 0 Å². The maximum absolute atomic E-state index is 4.33. The van der Waals surface area contributed by atoms with Gasteiger partial charge >= 0.3 is 0 Å². The van der Waals surface area contributed by atoms with E-state index in [0.29, 0.717) is 6.04 Å². The molecule has 0 saturated heterocycles. The molecule has 0 amide bonds. The lowest BCUT2D eigenvalue weighted by atomic mass is 10.3. The molecule has 0 spiro atoms. The molecule has 2 aromatic heterocycles. The zero-order valence-corrected chi connectivity index (χ0v) is 9.45. The van der Waals surface area contributed by atoms with Gasteiger partial charge in [0, 0.05) is 29.5 Å². The van der Waals surface area contributed by atoms with Crippen LogP contribution in [0.2, 0.25) is 0 Å². The summed E-state index contributed by atoms with van der Waals surface area (Å²) in [6, 6.07) is 0.327. The fraction of sp³-hybridized carbons (Fsp3) is 0.300. The van der Waals surface area contributed by atoms with Crippen LogP contribution in [0.15, 0.2) is 24.8 Å². The molecule has 0 aliphatic heterocycles. The molecule has 1 unspecified atom stereocenters. The van der Waals surface area contributed by atoms with Gasteiger partial charge < -0.3 is 5.32 Å². The van der Waals surface area contributed by atoms with Gasteiger partial charge in [0.1, 0.15) is 10.7 Å². The van der Waals surface area contributed by atoms with Gasteiger partial charge in [0.15, 0.2) is 0 Å². The maximum Gasteiger partial charge on any atom is 0.143 e. The Morgan fingerprint density at radius 2 is 2.13 bits per heavy atom. The van der Waals surface area contributed by atoms with Crippen LogP contribution < -0.4 is 5.32 Å². The van der Waals surface area contributed by atoms with Crippen molar-refractivity contribution < 1.29 is 0 Å². The predicted octanol–water partition coefficient (Wildman–Crippen LogP) is 1.88. The zero-order valence-electron chi connectivity index (χ0n) is 8.64. The van der Waals surface area contributed by atoms with Gasteiger partial charge in [-0.2, -0.15) is 0 Å². The van der Waals surface area contributed by atoms with Crippen molar-refractivity contribution in [1.82, 2.24) is 20.3 Å². The Kier molecular flexibility index (Phi) is 3.03. The first-order valence-corrected chi connectivity index (χ1v) is 5.52. The number of rotatable bonds is 3. The van der Waals surface area contributed by atoms with Gasteiger partial charge in [-0.25, -0.2) is 4.98 Å². The average molecular weight is 220 g/mol. The van der Waals surface area contributed by atoms with Crippen molar-refractivity contribution in [1.29, 1.82) is 0 Å². The molecule has 15 heavy (non-hydrogen) atoms. The van der Waals surface area contributed by atoms with E-state index in [1.54, 1.807) is 29.9 Å². The first kappa shape index (κ1) is 10.2. The second kappa shape index (κ2) is 4.46. The second-order valence-electron chi connectivity index (χ2n) is 3.17. The van der Waals surface area contributed by atoms with Crippen LogP contribution in [-0.4, -0.2) is 22.0 Å². The highest BCUT2D eigenvalue weighted by Crippen LogP contribution is 2.26. The van der Waals surface area contributed by atoms with Crippen molar-refractivity contribution >= 4 is 11.3 Å². The summed E-state index contributed by atoms with van der Waals surface area (Å²) in [4.78, 5) is 13.8. The van der Waals surface area contributed by atoms with Crippen molar-refractivity contribution in [2.24, 2.45) is 0 Å². The molecule has 1 N–H and O–H groups in total. The summed E-state index contributed by atoms with van der Waals surface area (Å²) in [6.07, 6.45) is 6.95. The summed E-state index contributed by atoms with van der Waals surface area (Å²) in [7, 11) is 1.94. The van der Waals surface area contributed by atoms with Gasteiger partial charge in [-0.1, -0.05) is 0 Å². The summed E-state index contributed by atoms with van der Waals surface area (Å²) < 4.78 is 0. The highest BCUT2D eigenvalue weighted by molar-refractivity contribution is 7.15. The third-order valence-electron chi connectivity index (χ3n) is 2.17. The lowest BCUT2D eigenvalue weighted by molar-refractivity contribution is 0.662. The van der Waals surface area contributed by atoms with Crippen molar-refractivity contribution in [2.45, 2.75) is 13.0 Å². The van der Waals surface area contributed by atoms with Crippen LogP contribution in [-0.2, 0) is 0 Å². The third-order valence-corrected chi connectivity index (χ3v) is 3.37. The lowest BCUT2D eigenvalue weighted by Gasteiger charge is -2.04. The Morgan fingerprint density at radius 3 is 2.80 bits per heavy atom. The largest absolute Gasteiger partial charge is 0.312 e. The van der Waals surface area contributed by atoms with Crippen molar-refractivity contribution in [3.8, 4) is 10.7 Å². The molecule has 1 atom stereocenters. The van der Waals surface area contributed by atoms with Gasteiger partial charge in [0.25, 0.3) is 0 Å². The summed E-state index contributed by atoms with van der Waals surface area (Å²) in [5, 5.41) is 4.10. The Bertz CT molecular complexity index is 426. The molecule has 2 heterocycles. The quantitative estimate of drug-likeness (QED) is 0.858. The molecule has 0 bridgehead atoms. The summed E-state index contributed by atoms with van der Waals surface area (Å²) in [5.74, 6) is 0. The summed E-state index contributed by atoms with van der Waals surface area (Å²) in [5.41, 5.74) is 0.831. The molecule has 2 aromatic rings. The Labute approximate surface area is 92.4 Å². The van der Waals surface area contributed by atoms with Crippen LogP contribution in [0.1, 0.15) is 17.8 Å². The van der Waals surface area contributed by atoms with E-state index in [2.05, 4.69) is 27.2 Å². The van der Waals surface area contributed by atoms with E-state index in [9.17, 15) is 0 Å². The minimum atomic E-state index is 0.327. The highest BCUT2D eigenvalue weighted by Gasteiger charge is 2.09. The van der Waals surface area contributed by atoms with E-state index in [0.717, 1.165) is 10.7 Å². The van der Waals surface area contributed by atoms with Gasteiger partial charge in [-0.3, -0.25) is 9.97 Å². The molecule has 78 valence electrons. The Balaban J connectivity index is 2.28. The van der Waals surface area contributed by atoms with Gasteiger partial charge in [0.2, 0.25) is 0 Å². The average Bonchev–Trinajstić information content (AvgIpc) is 2.78. The standard InChI is InChI=1S/C10H12N4S/c1-7(11-2)9-6-14-10(15-9)8-5-12-3-4-13-8/h3-7,11H,1-2H3. The van der Waals surface area contributed by atoms with E-state index in [1.807, 2.05) is 13.2 Å². The normalized spacial score (nSPS) is 12.7. The van der Waals surface area contributed by atoms with Crippen LogP contribution >= 0.6 is 11.3 Å². The first-order chi connectivity index (χ1) is 7.31. The zero-order chi connectivity index (χ0) is 10.7. The fourth-order valence-corrected chi connectivity index (χ4v) is 2.10. The molecule has 0 aliphatic carbocycles. The molecule has 0 saturated carbocycles. The van der Waals surface area contributed by atoms with Gasteiger partial charge in [-0.15, -0.1) is 11.3 Å². The van der Waals surface area contributed by atoms with Crippen molar-refractivity contribution in [2.75, 3.05) is 7.05 Å². The minimum absolute atomic E-state index is 0.327. The molecular formula is C10H12N4S. The topological polar surface area (TPSA) is 50.7 Å². The number of thiazole rings is 1. The Hall–Kier alpha value is -1.33. The van der Waals surface area contributed by atoms with Gasteiger partial charge in [0.05, 0.1) is 6.20 Å². The predicted molar refractivity (Wildman–Crippen MR) is 60.6 cm³/mol. The number of nitrogens with zero attached hydrogens (tertiary/aromatic N) is 3. The smallest absolute Gasteiger partial charge is 0.143 e. The van der Waals surface area contributed by atoms with Crippen LogP contribution in [0.4, 0.5) is 0 Å². The van der Waals surface area contributed by atoms with Crippen LogP contribution in [0.3, 0.4) is 0 Å².